The van der Waals surface area contributed by atoms with Crippen LogP contribution in [0.3, 0.4) is 0 Å². The smallest absolute Gasteiger partial charge is 0.303 e. The van der Waals surface area contributed by atoms with Gasteiger partial charge in [-0.2, -0.15) is 0 Å². The Morgan fingerprint density at radius 3 is 2.71 bits per heavy atom. The summed E-state index contributed by atoms with van der Waals surface area (Å²) in [5.41, 5.74) is 5.99. The molecule has 1 saturated heterocycles. The summed E-state index contributed by atoms with van der Waals surface area (Å²) in [6.45, 7) is 3.53. The van der Waals surface area contributed by atoms with Gasteiger partial charge >= 0.3 is 5.97 Å². The lowest BCUT2D eigenvalue weighted by molar-refractivity contribution is -0.140. The normalized spacial score (nSPS) is 31.7. The number of aliphatic carboxylic acids is 1. The highest BCUT2D eigenvalue weighted by Crippen LogP contribution is 2.30. The van der Waals surface area contributed by atoms with Crippen molar-refractivity contribution >= 4 is 11.9 Å². The van der Waals surface area contributed by atoms with Crippen molar-refractivity contribution in [1.82, 2.24) is 4.90 Å². The molecule has 120 valence electrons. The van der Waals surface area contributed by atoms with Crippen LogP contribution >= 0.6 is 0 Å². The molecule has 1 heterocycles. The van der Waals surface area contributed by atoms with Crippen LogP contribution in [-0.2, 0) is 9.59 Å². The fourth-order valence-corrected chi connectivity index (χ4v) is 3.83. The number of amides is 1. The van der Waals surface area contributed by atoms with Gasteiger partial charge in [0.05, 0.1) is 0 Å². The third-order valence-corrected chi connectivity index (χ3v) is 5.13. The lowest BCUT2D eigenvalue weighted by atomic mass is 9.82. The Balaban J connectivity index is 1.90. The van der Waals surface area contributed by atoms with Gasteiger partial charge < -0.3 is 15.7 Å². The first-order chi connectivity index (χ1) is 9.97. The molecule has 0 aromatic rings. The minimum Gasteiger partial charge on any atom is -0.481 e. The molecule has 0 aromatic heterocycles. The standard InChI is InChI=1S/C16H28N2O3/c1-11(8-15(19)20)13-5-3-7-18(10-13)16(21)12-4-2-6-14(17)9-12/h11-14H,2-10,17H2,1H3,(H,19,20). The largest absolute Gasteiger partial charge is 0.481 e. The molecule has 2 fully saturated rings. The second kappa shape index (κ2) is 7.25. The quantitative estimate of drug-likeness (QED) is 0.829. The number of likely N-dealkylation sites (tertiary alicyclic amines) is 1. The summed E-state index contributed by atoms with van der Waals surface area (Å²) >= 11 is 0. The third kappa shape index (κ3) is 4.43. The van der Waals surface area contributed by atoms with E-state index >= 15 is 0 Å². The van der Waals surface area contributed by atoms with E-state index in [1.807, 2.05) is 11.8 Å². The van der Waals surface area contributed by atoms with Gasteiger partial charge in [0.1, 0.15) is 0 Å². The summed E-state index contributed by atoms with van der Waals surface area (Å²) in [7, 11) is 0. The molecule has 0 aromatic carbocycles. The zero-order valence-corrected chi connectivity index (χ0v) is 13.0. The van der Waals surface area contributed by atoms with E-state index in [0.29, 0.717) is 5.92 Å². The van der Waals surface area contributed by atoms with Gasteiger partial charge in [-0.25, -0.2) is 0 Å². The van der Waals surface area contributed by atoms with Crippen molar-refractivity contribution in [2.45, 2.75) is 57.9 Å². The second-order valence-corrected chi connectivity index (χ2v) is 6.89. The van der Waals surface area contributed by atoms with E-state index < -0.39 is 5.97 Å². The van der Waals surface area contributed by atoms with Crippen molar-refractivity contribution in [2.75, 3.05) is 13.1 Å². The highest BCUT2D eigenvalue weighted by atomic mass is 16.4. The molecule has 0 spiro atoms. The highest BCUT2D eigenvalue weighted by molar-refractivity contribution is 5.79. The Kier molecular flexibility index (Phi) is 5.62. The maximum Gasteiger partial charge on any atom is 0.303 e. The van der Waals surface area contributed by atoms with Crippen LogP contribution in [0.1, 0.15) is 51.9 Å². The SMILES string of the molecule is CC(CC(=O)O)C1CCCN(C(=O)C2CCCC(N)C2)C1. The minimum atomic E-state index is -0.746. The minimum absolute atomic E-state index is 0.0854. The number of carboxylic acid groups (broad SMARTS) is 1. The van der Waals surface area contributed by atoms with Gasteiger partial charge in [-0.05, 0) is 43.9 Å². The van der Waals surface area contributed by atoms with Crippen LogP contribution < -0.4 is 5.73 Å². The molecular weight excluding hydrogens is 268 g/mol. The monoisotopic (exact) mass is 296 g/mol. The summed E-state index contributed by atoms with van der Waals surface area (Å²) < 4.78 is 0. The topological polar surface area (TPSA) is 83.6 Å². The molecule has 1 aliphatic carbocycles. The molecule has 2 aliphatic rings. The molecule has 1 amide bonds. The van der Waals surface area contributed by atoms with Gasteiger partial charge in [-0.1, -0.05) is 13.3 Å². The predicted octanol–water partition coefficient (Wildman–Crippen LogP) is 1.85. The van der Waals surface area contributed by atoms with Crippen molar-refractivity contribution in [2.24, 2.45) is 23.5 Å². The number of rotatable bonds is 4. The first-order valence-corrected chi connectivity index (χ1v) is 8.23. The Labute approximate surface area is 126 Å². The Morgan fingerprint density at radius 1 is 1.29 bits per heavy atom. The maximum atomic E-state index is 12.6. The number of piperidine rings is 1. The molecule has 3 N–H and O–H groups in total. The lowest BCUT2D eigenvalue weighted by Crippen LogP contribution is -2.46. The summed E-state index contributed by atoms with van der Waals surface area (Å²) in [4.78, 5) is 25.5. The van der Waals surface area contributed by atoms with Gasteiger partial charge in [0, 0.05) is 31.5 Å². The molecule has 4 unspecified atom stereocenters. The van der Waals surface area contributed by atoms with Crippen LogP contribution in [0.5, 0.6) is 0 Å². The van der Waals surface area contributed by atoms with Crippen LogP contribution in [0.25, 0.3) is 0 Å². The zero-order chi connectivity index (χ0) is 15.4. The van der Waals surface area contributed by atoms with Gasteiger partial charge in [0.2, 0.25) is 5.91 Å². The molecular formula is C16H28N2O3. The number of hydrogen-bond donors (Lipinski definition) is 2. The van der Waals surface area contributed by atoms with E-state index in [4.69, 9.17) is 10.8 Å². The molecule has 1 saturated carbocycles. The first kappa shape index (κ1) is 16.3. The van der Waals surface area contributed by atoms with Crippen molar-refractivity contribution in [3.63, 3.8) is 0 Å². The van der Waals surface area contributed by atoms with E-state index in [1.165, 1.54) is 0 Å². The number of nitrogens with zero attached hydrogens (tertiary/aromatic N) is 1. The van der Waals surface area contributed by atoms with Crippen LogP contribution in [0.15, 0.2) is 0 Å². The predicted molar refractivity (Wildman–Crippen MR) is 80.7 cm³/mol. The summed E-state index contributed by atoms with van der Waals surface area (Å²) in [5, 5.41) is 8.93. The van der Waals surface area contributed by atoms with E-state index in [-0.39, 0.29) is 30.2 Å². The van der Waals surface area contributed by atoms with Crippen LogP contribution in [-0.4, -0.2) is 41.0 Å². The molecule has 1 aliphatic heterocycles. The maximum absolute atomic E-state index is 12.6. The molecule has 2 rings (SSSR count). The fraction of sp³-hybridized carbons (Fsp3) is 0.875. The van der Waals surface area contributed by atoms with Crippen molar-refractivity contribution in [3.05, 3.63) is 0 Å². The summed E-state index contributed by atoms with van der Waals surface area (Å²) in [5.74, 6) is 0.0339. The molecule has 0 radical (unpaired) electrons. The van der Waals surface area contributed by atoms with Crippen LogP contribution in [0, 0.1) is 17.8 Å². The van der Waals surface area contributed by atoms with Gasteiger partial charge in [0.15, 0.2) is 0 Å². The first-order valence-electron chi connectivity index (χ1n) is 8.23. The van der Waals surface area contributed by atoms with Crippen LogP contribution in [0.2, 0.25) is 0 Å². The molecule has 0 bridgehead atoms. The van der Waals surface area contributed by atoms with E-state index in [0.717, 1.165) is 51.6 Å². The second-order valence-electron chi connectivity index (χ2n) is 6.89. The Bertz CT molecular complexity index is 386. The van der Waals surface area contributed by atoms with Gasteiger partial charge in [-0.3, -0.25) is 9.59 Å². The molecule has 4 atom stereocenters. The van der Waals surface area contributed by atoms with Gasteiger partial charge in [-0.15, -0.1) is 0 Å². The van der Waals surface area contributed by atoms with Crippen molar-refractivity contribution in [1.29, 1.82) is 0 Å². The van der Waals surface area contributed by atoms with Crippen molar-refractivity contribution < 1.29 is 14.7 Å². The lowest BCUT2D eigenvalue weighted by Gasteiger charge is -2.38. The van der Waals surface area contributed by atoms with E-state index in [1.54, 1.807) is 0 Å². The van der Waals surface area contributed by atoms with E-state index in [2.05, 4.69) is 0 Å². The number of carboxylic acids is 1. The van der Waals surface area contributed by atoms with E-state index in [9.17, 15) is 9.59 Å². The third-order valence-electron chi connectivity index (χ3n) is 5.13. The van der Waals surface area contributed by atoms with Gasteiger partial charge in [0.25, 0.3) is 0 Å². The highest BCUT2D eigenvalue weighted by Gasteiger charge is 2.33. The summed E-state index contributed by atoms with van der Waals surface area (Å²) in [6, 6.07) is 0.166. The molecule has 5 heteroatoms. The Hall–Kier alpha value is -1.10. The average molecular weight is 296 g/mol. The Morgan fingerprint density at radius 2 is 2.05 bits per heavy atom. The summed E-state index contributed by atoms with van der Waals surface area (Å²) in [6.07, 6.45) is 6.05. The number of nitrogens with two attached hydrogens (primary N) is 1. The molecule has 5 nitrogen and oxygen atoms in total. The van der Waals surface area contributed by atoms with Crippen molar-refractivity contribution in [3.8, 4) is 0 Å². The van der Waals surface area contributed by atoms with Crippen LogP contribution in [0.4, 0.5) is 0 Å². The number of carbonyl (C=O) groups excluding carboxylic acids is 1. The fourth-order valence-electron chi connectivity index (χ4n) is 3.83. The number of carbonyl (C=O) groups is 2. The molecule has 21 heavy (non-hydrogen) atoms. The zero-order valence-electron chi connectivity index (χ0n) is 13.0. The average Bonchev–Trinajstić information content (AvgIpc) is 2.46. The number of hydrogen-bond acceptors (Lipinski definition) is 3.